The van der Waals surface area contributed by atoms with Crippen LogP contribution >= 0.6 is 15.9 Å². The van der Waals surface area contributed by atoms with Crippen molar-refractivity contribution in [2.24, 2.45) is 24.1 Å². The minimum absolute atomic E-state index is 0.251. The third-order valence-electron chi connectivity index (χ3n) is 4.04. The third-order valence-corrected chi connectivity index (χ3v) is 4.95. The molecular formula is C13H22BrN3. The van der Waals surface area contributed by atoms with E-state index >= 15 is 0 Å². The first kappa shape index (κ1) is 13.1. The number of rotatable bonds is 4. The minimum atomic E-state index is 0.251. The summed E-state index contributed by atoms with van der Waals surface area (Å²) >= 11 is 3.65. The number of nitrogens with two attached hydrogens (primary N) is 1. The van der Waals surface area contributed by atoms with Gasteiger partial charge in [-0.1, -0.05) is 20.8 Å². The number of nitrogens with zero attached hydrogens (tertiary/aromatic N) is 2. The van der Waals surface area contributed by atoms with Crippen LogP contribution in [0, 0.1) is 11.3 Å². The second kappa shape index (κ2) is 4.39. The van der Waals surface area contributed by atoms with Gasteiger partial charge in [-0.05, 0) is 40.1 Å². The van der Waals surface area contributed by atoms with E-state index in [2.05, 4.69) is 41.8 Å². The fraction of sp³-hybridized carbons (Fsp3) is 0.769. The maximum absolute atomic E-state index is 6.31. The molecule has 0 aromatic carbocycles. The van der Waals surface area contributed by atoms with Crippen molar-refractivity contribution in [1.29, 1.82) is 0 Å². The van der Waals surface area contributed by atoms with Gasteiger partial charge in [-0.15, -0.1) is 0 Å². The van der Waals surface area contributed by atoms with Gasteiger partial charge in [-0.3, -0.25) is 4.68 Å². The molecule has 1 heterocycles. The topological polar surface area (TPSA) is 43.8 Å². The summed E-state index contributed by atoms with van der Waals surface area (Å²) in [6.45, 7) is 6.72. The highest BCUT2D eigenvalue weighted by Gasteiger charge is 2.49. The number of aromatic nitrogens is 2. The molecule has 96 valence electrons. The van der Waals surface area contributed by atoms with E-state index in [9.17, 15) is 0 Å². The van der Waals surface area contributed by atoms with E-state index in [4.69, 9.17) is 5.73 Å². The highest BCUT2D eigenvalue weighted by molar-refractivity contribution is 9.10. The normalized spacial score (nSPS) is 23.8. The average Bonchev–Trinajstić information content (AvgIpc) is 2.81. The van der Waals surface area contributed by atoms with E-state index in [1.54, 1.807) is 0 Å². The van der Waals surface area contributed by atoms with Gasteiger partial charge >= 0.3 is 0 Å². The van der Waals surface area contributed by atoms with Crippen molar-refractivity contribution >= 4 is 15.9 Å². The fourth-order valence-electron chi connectivity index (χ4n) is 2.65. The van der Waals surface area contributed by atoms with Gasteiger partial charge < -0.3 is 5.73 Å². The highest BCUT2D eigenvalue weighted by Crippen LogP contribution is 2.53. The summed E-state index contributed by atoms with van der Waals surface area (Å²) in [7, 11) is 2.00. The van der Waals surface area contributed by atoms with E-state index < -0.39 is 0 Å². The molecule has 2 N–H and O–H groups in total. The quantitative estimate of drug-likeness (QED) is 0.929. The lowest BCUT2D eigenvalue weighted by Crippen LogP contribution is -2.28. The Labute approximate surface area is 112 Å². The van der Waals surface area contributed by atoms with E-state index in [1.807, 2.05) is 11.7 Å². The lowest BCUT2D eigenvalue weighted by atomic mass is 10.0. The minimum Gasteiger partial charge on any atom is -0.327 e. The summed E-state index contributed by atoms with van der Waals surface area (Å²) < 4.78 is 3.12. The molecule has 3 nitrogen and oxygen atoms in total. The summed E-state index contributed by atoms with van der Waals surface area (Å²) in [5.74, 6) is 0.661. The van der Waals surface area contributed by atoms with Gasteiger partial charge in [0.2, 0.25) is 0 Å². The summed E-state index contributed by atoms with van der Waals surface area (Å²) in [4.78, 5) is 0. The van der Waals surface area contributed by atoms with Crippen LogP contribution in [-0.2, 0) is 19.9 Å². The molecule has 1 aliphatic carbocycles. The van der Waals surface area contributed by atoms with Gasteiger partial charge in [0.15, 0.2) is 0 Å². The Morgan fingerprint density at radius 1 is 1.59 bits per heavy atom. The van der Waals surface area contributed by atoms with Crippen LogP contribution in [0.4, 0.5) is 0 Å². The largest absolute Gasteiger partial charge is 0.327 e. The maximum atomic E-state index is 6.31. The third kappa shape index (κ3) is 2.43. The molecule has 4 heteroatoms. The Bertz CT molecular complexity index is 423. The molecule has 2 rings (SSSR count). The first-order chi connectivity index (χ1) is 7.86. The predicted molar refractivity (Wildman–Crippen MR) is 73.9 cm³/mol. The molecule has 1 saturated carbocycles. The van der Waals surface area contributed by atoms with Crippen LogP contribution in [-0.4, -0.2) is 15.8 Å². The second-order valence-electron chi connectivity index (χ2n) is 5.85. The van der Waals surface area contributed by atoms with Crippen molar-refractivity contribution in [3.05, 3.63) is 15.9 Å². The first-order valence-corrected chi connectivity index (χ1v) is 7.12. The SMILES string of the molecule is CCc1nn(C)c(CC(N)C2CC2(C)C)c1Br. The van der Waals surface area contributed by atoms with Crippen molar-refractivity contribution in [1.82, 2.24) is 9.78 Å². The standard InChI is InChI=1S/C13H22BrN3/c1-5-10-12(14)11(17(4)16-10)6-9(15)8-7-13(8,2)3/h8-9H,5-7,15H2,1-4H3. The van der Waals surface area contributed by atoms with Gasteiger partial charge in [0, 0.05) is 19.5 Å². The Morgan fingerprint density at radius 3 is 2.59 bits per heavy atom. The molecule has 1 aromatic rings. The average molecular weight is 300 g/mol. The molecule has 0 amide bonds. The van der Waals surface area contributed by atoms with E-state index in [0.29, 0.717) is 11.3 Å². The van der Waals surface area contributed by atoms with E-state index in [0.717, 1.165) is 23.0 Å². The second-order valence-corrected chi connectivity index (χ2v) is 6.64. The Kier molecular flexibility index (Phi) is 3.38. The van der Waals surface area contributed by atoms with Gasteiger partial charge in [-0.2, -0.15) is 5.10 Å². The van der Waals surface area contributed by atoms with Gasteiger partial charge in [0.1, 0.15) is 0 Å². The predicted octanol–water partition coefficient (Wildman–Crippen LogP) is 2.66. The van der Waals surface area contributed by atoms with Crippen LogP contribution in [0.15, 0.2) is 4.47 Å². The van der Waals surface area contributed by atoms with Crippen molar-refractivity contribution in [3.63, 3.8) is 0 Å². The summed E-state index contributed by atoms with van der Waals surface area (Å²) in [6.07, 6.45) is 3.13. The lowest BCUT2D eigenvalue weighted by Gasteiger charge is -2.14. The first-order valence-electron chi connectivity index (χ1n) is 6.32. The van der Waals surface area contributed by atoms with Crippen LogP contribution in [0.2, 0.25) is 0 Å². The van der Waals surface area contributed by atoms with Gasteiger partial charge in [0.25, 0.3) is 0 Å². The molecule has 0 saturated heterocycles. The zero-order valence-electron chi connectivity index (χ0n) is 11.1. The van der Waals surface area contributed by atoms with E-state index in [1.165, 1.54) is 12.1 Å². The Hall–Kier alpha value is -0.350. The number of halogens is 1. The Balaban J connectivity index is 2.11. The molecule has 1 aromatic heterocycles. The molecule has 0 aliphatic heterocycles. The van der Waals surface area contributed by atoms with Crippen molar-refractivity contribution < 1.29 is 0 Å². The molecular weight excluding hydrogens is 278 g/mol. The number of hydrogen-bond donors (Lipinski definition) is 1. The molecule has 0 bridgehead atoms. The van der Waals surface area contributed by atoms with Crippen LogP contribution < -0.4 is 5.73 Å². The monoisotopic (exact) mass is 299 g/mol. The smallest absolute Gasteiger partial charge is 0.0766 e. The molecule has 2 atom stereocenters. The number of aryl methyl sites for hydroxylation is 2. The van der Waals surface area contributed by atoms with Crippen molar-refractivity contribution in [2.45, 2.75) is 46.1 Å². The summed E-state index contributed by atoms with van der Waals surface area (Å²) in [5, 5.41) is 4.51. The summed E-state index contributed by atoms with van der Waals surface area (Å²) in [6, 6.07) is 0.251. The van der Waals surface area contributed by atoms with E-state index in [-0.39, 0.29) is 6.04 Å². The lowest BCUT2D eigenvalue weighted by molar-refractivity contribution is 0.467. The number of hydrogen-bond acceptors (Lipinski definition) is 2. The molecule has 2 unspecified atom stereocenters. The van der Waals surface area contributed by atoms with Gasteiger partial charge in [0.05, 0.1) is 15.9 Å². The maximum Gasteiger partial charge on any atom is 0.0766 e. The summed E-state index contributed by atoms with van der Waals surface area (Å²) in [5.41, 5.74) is 9.12. The zero-order chi connectivity index (χ0) is 12.8. The Morgan fingerprint density at radius 2 is 2.18 bits per heavy atom. The van der Waals surface area contributed by atoms with Crippen LogP contribution in [0.1, 0.15) is 38.6 Å². The van der Waals surface area contributed by atoms with Crippen LogP contribution in [0.25, 0.3) is 0 Å². The highest BCUT2D eigenvalue weighted by atomic mass is 79.9. The van der Waals surface area contributed by atoms with Crippen molar-refractivity contribution in [3.8, 4) is 0 Å². The fourth-order valence-corrected chi connectivity index (χ4v) is 3.42. The van der Waals surface area contributed by atoms with Gasteiger partial charge in [-0.25, -0.2) is 0 Å². The van der Waals surface area contributed by atoms with Crippen molar-refractivity contribution in [2.75, 3.05) is 0 Å². The van der Waals surface area contributed by atoms with Crippen LogP contribution in [0.5, 0.6) is 0 Å². The molecule has 1 fully saturated rings. The molecule has 0 spiro atoms. The molecule has 17 heavy (non-hydrogen) atoms. The zero-order valence-corrected chi connectivity index (χ0v) is 12.7. The molecule has 0 radical (unpaired) electrons. The van der Waals surface area contributed by atoms with Crippen LogP contribution in [0.3, 0.4) is 0 Å². The molecule has 1 aliphatic rings.